The van der Waals surface area contributed by atoms with Gasteiger partial charge in [-0.05, 0) is 12.0 Å². The molecular weight excluding hydrogens is 174 g/mol. The van der Waals surface area contributed by atoms with E-state index in [-0.39, 0.29) is 11.7 Å². The first kappa shape index (κ1) is 9.13. The highest BCUT2D eigenvalue weighted by Crippen LogP contribution is 2.23. The van der Waals surface area contributed by atoms with E-state index >= 15 is 0 Å². The van der Waals surface area contributed by atoms with Crippen LogP contribution < -0.4 is 0 Å². The predicted octanol–water partition coefficient (Wildman–Crippen LogP) is 2.29. The van der Waals surface area contributed by atoms with Gasteiger partial charge in [0.25, 0.3) is 0 Å². The first-order valence-corrected chi connectivity index (χ1v) is 4.87. The monoisotopic (exact) mass is 187 g/mol. The number of hydrogen-bond acceptors (Lipinski definition) is 2. The molecule has 2 rings (SSSR count). The molecule has 1 aliphatic carbocycles. The maximum Gasteiger partial charge on any atom is 0.170 e. The van der Waals surface area contributed by atoms with Crippen LogP contribution >= 0.6 is 0 Å². The Balaban J connectivity index is 2.38. The van der Waals surface area contributed by atoms with Crippen LogP contribution in [0.15, 0.2) is 41.1 Å². The summed E-state index contributed by atoms with van der Waals surface area (Å²) in [6, 6.07) is 0. The van der Waals surface area contributed by atoms with Gasteiger partial charge in [-0.25, -0.2) is 0 Å². The summed E-state index contributed by atoms with van der Waals surface area (Å²) in [6.07, 6.45) is 9.30. The molecule has 2 nitrogen and oxygen atoms in total. The van der Waals surface area contributed by atoms with E-state index in [1.807, 2.05) is 38.2 Å². The van der Waals surface area contributed by atoms with Crippen LogP contribution in [-0.2, 0) is 4.79 Å². The largest absolute Gasteiger partial charge is 0.294 e. The Morgan fingerprint density at radius 2 is 2.14 bits per heavy atom. The quantitative estimate of drug-likeness (QED) is 0.619. The Kier molecular flexibility index (Phi) is 2.20. The lowest BCUT2D eigenvalue weighted by Gasteiger charge is -2.20. The van der Waals surface area contributed by atoms with E-state index in [4.69, 9.17) is 0 Å². The number of ketones is 1. The molecule has 1 heterocycles. The van der Waals surface area contributed by atoms with Gasteiger partial charge >= 0.3 is 0 Å². The highest BCUT2D eigenvalue weighted by molar-refractivity contribution is 6.18. The molecule has 0 spiro atoms. The van der Waals surface area contributed by atoms with Crippen molar-refractivity contribution >= 4 is 11.5 Å². The van der Waals surface area contributed by atoms with Crippen molar-refractivity contribution in [3.8, 4) is 0 Å². The number of allylic oxidation sites excluding steroid dienone is 6. The van der Waals surface area contributed by atoms with Crippen LogP contribution in [-0.4, -0.2) is 11.5 Å². The first-order chi connectivity index (χ1) is 6.68. The molecule has 0 radical (unpaired) electrons. The van der Waals surface area contributed by atoms with E-state index in [9.17, 15) is 4.79 Å². The fourth-order valence-electron chi connectivity index (χ4n) is 1.59. The zero-order valence-electron chi connectivity index (χ0n) is 8.40. The lowest BCUT2D eigenvalue weighted by molar-refractivity contribution is -0.115. The molecule has 0 aromatic heterocycles. The van der Waals surface area contributed by atoms with E-state index in [1.165, 1.54) is 0 Å². The lowest BCUT2D eigenvalue weighted by Crippen LogP contribution is -2.25. The molecule has 0 amide bonds. The smallest absolute Gasteiger partial charge is 0.170 e. The van der Waals surface area contributed by atoms with Gasteiger partial charge in [0.2, 0.25) is 0 Å². The van der Waals surface area contributed by atoms with Crippen molar-refractivity contribution in [3.63, 3.8) is 0 Å². The number of carbonyl (C=O) groups is 1. The highest BCUT2D eigenvalue weighted by Gasteiger charge is 2.25. The minimum Gasteiger partial charge on any atom is -0.294 e. The summed E-state index contributed by atoms with van der Waals surface area (Å²) >= 11 is 0. The average molecular weight is 187 g/mol. The number of aliphatic imine (C=N–C) groups is 1. The minimum atomic E-state index is -0.137. The summed E-state index contributed by atoms with van der Waals surface area (Å²) in [5.41, 5.74) is 1.77. The van der Waals surface area contributed by atoms with E-state index in [2.05, 4.69) is 4.99 Å². The molecule has 0 aromatic carbocycles. The van der Waals surface area contributed by atoms with Crippen LogP contribution in [0.5, 0.6) is 0 Å². The average Bonchev–Trinajstić information content (AvgIpc) is 2.17. The van der Waals surface area contributed by atoms with Gasteiger partial charge in [0.1, 0.15) is 0 Å². The molecule has 14 heavy (non-hydrogen) atoms. The number of rotatable bonds is 1. The van der Waals surface area contributed by atoms with Gasteiger partial charge in [-0.15, -0.1) is 0 Å². The maximum atomic E-state index is 11.7. The van der Waals surface area contributed by atoms with Gasteiger partial charge in [-0.3, -0.25) is 9.79 Å². The van der Waals surface area contributed by atoms with Crippen LogP contribution in [0.4, 0.5) is 0 Å². The fourth-order valence-corrected chi connectivity index (χ4v) is 1.59. The predicted molar refractivity (Wildman–Crippen MR) is 57.1 cm³/mol. The molecule has 72 valence electrons. The van der Waals surface area contributed by atoms with Crippen LogP contribution in [0.25, 0.3) is 0 Å². The van der Waals surface area contributed by atoms with Crippen molar-refractivity contribution in [2.45, 2.75) is 13.8 Å². The third-order valence-corrected chi connectivity index (χ3v) is 2.45. The second-order valence-corrected chi connectivity index (χ2v) is 3.88. The van der Waals surface area contributed by atoms with Crippen molar-refractivity contribution in [2.24, 2.45) is 16.8 Å². The number of hydrogen-bond donors (Lipinski definition) is 0. The van der Waals surface area contributed by atoms with Crippen LogP contribution in [0, 0.1) is 11.8 Å². The van der Waals surface area contributed by atoms with Crippen molar-refractivity contribution < 1.29 is 4.79 Å². The zero-order chi connectivity index (χ0) is 10.1. The fraction of sp³-hybridized carbons (Fsp3) is 0.333. The van der Waals surface area contributed by atoms with Crippen LogP contribution in [0.1, 0.15) is 13.8 Å². The third-order valence-electron chi connectivity index (χ3n) is 2.45. The second-order valence-electron chi connectivity index (χ2n) is 3.88. The second kappa shape index (κ2) is 3.37. The minimum absolute atomic E-state index is 0.137. The zero-order valence-corrected chi connectivity index (χ0v) is 8.40. The molecule has 2 aliphatic rings. The first-order valence-electron chi connectivity index (χ1n) is 4.87. The molecule has 0 fully saturated rings. The van der Waals surface area contributed by atoms with Gasteiger partial charge in [0, 0.05) is 11.8 Å². The van der Waals surface area contributed by atoms with Crippen molar-refractivity contribution in [3.05, 3.63) is 36.1 Å². The Bertz CT molecular complexity index is 383. The molecule has 1 atom stereocenters. The van der Waals surface area contributed by atoms with Gasteiger partial charge in [0.15, 0.2) is 5.78 Å². The van der Waals surface area contributed by atoms with Gasteiger partial charge < -0.3 is 0 Å². The molecule has 2 heteroatoms. The highest BCUT2D eigenvalue weighted by atomic mass is 16.1. The summed E-state index contributed by atoms with van der Waals surface area (Å²) in [7, 11) is 0. The number of carbonyl (C=O) groups excluding carboxylic acids is 1. The van der Waals surface area contributed by atoms with Crippen molar-refractivity contribution in [1.29, 1.82) is 0 Å². The third kappa shape index (κ3) is 1.48. The Morgan fingerprint density at radius 3 is 2.86 bits per heavy atom. The number of nitrogens with zero attached hydrogens (tertiary/aromatic N) is 1. The topological polar surface area (TPSA) is 29.4 Å². The summed E-state index contributed by atoms with van der Waals surface area (Å²) in [4.78, 5) is 16.2. The van der Waals surface area contributed by atoms with Crippen molar-refractivity contribution in [2.75, 3.05) is 0 Å². The van der Waals surface area contributed by atoms with E-state index < -0.39 is 0 Å². The molecular formula is C12H13NO. The molecule has 1 unspecified atom stereocenters. The summed E-state index contributed by atoms with van der Waals surface area (Å²) in [5, 5.41) is 0. The van der Waals surface area contributed by atoms with E-state index in [0.717, 1.165) is 11.4 Å². The molecule has 0 saturated carbocycles. The normalized spacial score (nSPS) is 24.8. The summed E-state index contributed by atoms with van der Waals surface area (Å²) in [5.74, 6) is 0.327. The standard InChI is InChI=1S/C12H13NO/c1-8(2)11-7-12(14)9-5-3-4-6-10(9)13-11/h3-9H,1-2H3. The van der Waals surface area contributed by atoms with Gasteiger partial charge in [-0.2, -0.15) is 0 Å². The molecule has 0 saturated heterocycles. The Hall–Kier alpha value is -1.44. The number of fused-ring (bicyclic) bond motifs is 1. The molecule has 0 N–H and O–H groups in total. The van der Waals surface area contributed by atoms with Crippen molar-refractivity contribution in [1.82, 2.24) is 0 Å². The van der Waals surface area contributed by atoms with Crippen LogP contribution in [0.3, 0.4) is 0 Å². The lowest BCUT2D eigenvalue weighted by atomic mass is 9.90. The Morgan fingerprint density at radius 1 is 1.36 bits per heavy atom. The summed E-state index contributed by atoms with van der Waals surface area (Å²) < 4.78 is 0. The molecule has 0 bridgehead atoms. The maximum absolute atomic E-state index is 11.7. The SMILES string of the molecule is CC(C)C1=CC(=O)C2C=CC=CC2=N1. The van der Waals surface area contributed by atoms with Crippen LogP contribution in [0.2, 0.25) is 0 Å². The van der Waals surface area contributed by atoms with Gasteiger partial charge in [-0.1, -0.05) is 32.1 Å². The molecule has 0 aromatic rings. The van der Waals surface area contributed by atoms with Gasteiger partial charge in [0.05, 0.1) is 11.6 Å². The van der Waals surface area contributed by atoms with E-state index in [1.54, 1.807) is 6.08 Å². The molecule has 1 aliphatic heterocycles. The van der Waals surface area contributed by atoms with E-state index in [0.29, 0.717) is 5.92 Å². The Labute approximate surface area is 83.7 Å². The summed E-state index contributed by atoms with van der Waals surface area (Å²) in [6.45, 7) is 4.10.